The second kappa shape index (κ2) is 7.63. The zero-order chi connectivity index (χ0) is 19.6. The van der Waals surface area contributed by atoms with Crippen molar-refractivity contribution in [2.75, 3.05) is 26.2 Å². The average Bonchev–Trinajstić information content (AvgIpc) is 3.02. The van der Waals surface area contributed by atoms with E-state index in [2.05, 4.69) is 20.2 Å². The van der Waals surface area contributed by atoms with Gasteiger partial charge in [-0.05, 0) is 24.1 Å². The molecule has 2 aliphatic heterocycles. The SMILES string of the molecule is O=C1CCN(Cc2cccc(F)c2)CC2(CCN(C(=O)c3cnccn3)C2)N1. The Kier molecular flexibility index (Phi) is 5.04. The van der Waals surface area contributed by atoms with Crippen LogP contribution in [0, 0.1) is 5.82 Å². The minimum absolute atomic E-state index is 0.0180. The van der Waals surface area contributed by atoms with E-state index in [1.807, 2.05) is 6.07 Å². The first-order valence-electron chi connectivity index (χ1n) is 9.36. The number of nitrogens with zero attached hydrogens (tertiary/aromatic N) is 4. The van der Waals surface area contributed by atoms with Crippen molar-refractivity contribution >= 4 is 11.8 Å². The summed E-state index contributed by atoms with van der Waals surface area (Å²) >= 11 is 0. The third-order valence-electron chi connectivity index (χ3n) is 5.30. The number of halogens is 1. The molecule has 2 aromatic rings. The number of amides is 2. The summed E-state index contributed by atoms with van der Waals surface area (Å²) in [5, 5.41) is 3.13. The Morgan fingerprint density at radius 1 is 1.25 bits per heavy atom. The normalized spacial score (nSPS) is 22.9. The van der Waals surface area contributed by atoms with E-state index >= 15 is 0 Å². The number of hydrogen-bond acceptors (Lipinski definition) is 5. The quantitative estimate of drug-likeness (QED) is 0.862. The van der Waals surface area contributed by atoms with Crippen LogP contribution in [0.1, 0.15) is 28.9 Å². The molecule has 8 heteroatoms. The third-order valence-corrected chi connectivity index (χ3v) is 5.30. The van der Waals surface area contributed by atoms with Gasteiger partial charge in [-0.2, -0.15) is 0 Å². The van der Waals surface area contributed by atoms with Crippen LogP contribution in [0.15, 0.2) is 42.9 Å². The average molecular weight is 383 g/mol. The fourth-order valence-electron chi connectivity index (χ4n) is 4.04. The van der Waals surface area contributed by atoms with Crippen LogP contribution in [-0.4, -0.2) is 63.3 Å². The first-order chi connectivity index (χ1) is 13.5. The maximum Gasteiger partial charge on any atom is 0.274 e. The molecule has 0 saturated carbocycles. The Balaban J connectivity index is 1.49. The van der Waals surface area contributed by atoms with Crippen molar-refractivity contribution in [3.8, 4) is 0 Å². The van der Waals surface area contributed by atoms with Crippen LogP contribution in [0.4, 0.5) is 4.39 Å². The molecule has 2 aliphatic rings. The van der Waals surface area contributed by atoms with Crippen LogP contribution in [0.5, 0.6) is 0 Å². The number of aromatic nitrogens is 2. The molecule has 1 unspecified atom stereocenters. The van der Waals surface area contributed by atoms with Crippen LogP contribution in [0.2, 0.25) is 0 Å². The highest BCUT2D eigenvalue weighted by molar-refractivity contribution is 5.92. The number of carbonyl (C=O) groups excluding carboxylic acids is 2. The lowest BCUT2D eigenvalue weighted by Gasteiger charge is -2.33. The van der Waals surface area contributed by atoms with Crippen molar-refractivity contribution in [1.82, 2.24) is 25.1 Å². The molecule has 1 spiro atoms. The van der Waals surface area contributed by atoms with Crippen molar-refractivity contribution in [3.05, 3.63) is 59.9 Å². The van der Waals surface area contributed by atoms with Crippen molar-refractivity contribution in [3.63, 3.8) is 0 Å². The van der Waals surface area contributed by atoms with E-state index in [0.717, 1.165) is 5.56 Å². The van der Waals surface area contributed by atoms with Gasteiger partial charge in [-0.25, -0.2) is 9.37 Å². The smallest absolute Gasteiger partial charge is 0.274 e. The summed E-state index contributed by atoms with van der Waals surface area (Å²) in [6.07, 6.45) is 5.53. The minimum atomic E-state index is -0.501. The second-order valence-electron chi connectivity index (χ2n) is 7.49. The lowest BCUT2D eigenvalue weighted by atomic mass is 9.98. The highest BCUT2D eigenvalue weighted by atomic mass is 19.1. The lowest BCUT2D eigenvalue weighted by molar-refractivity contribution is -0.122. The molecule has 1 atom stereocenters. The number of rotatable bonds is 3. The Morgan fingerprint density at radius 3 is 2.93 bits per heavy atom. The standard InChI is InChI=1S/C20H22FN5O2/c21-16-3-1-2-15(10-16)12-25-8-4-18(27)24-20(13-25)5-9-26(14-20)19(28)17-11-22-6-7-23-17/h1-3,6-7,10-11H,4-5,8-9,12-14H2,(H,24,27). The summed E-state index contributed by atoms with van der Waals surface area (Å²) in [5.41, 5.74) is 0.671. The van der Waals surface area contributed by atoms with Crippen LogP contribution < -0.4 is 5.32 Å². The number of hydrogen-bond donors (Lipinski definition) is 1. The summed E-state index contributed by atoms with van der Waals surface area (Å²) < 4.78 is 13.5. The predicted molar refractivity (Wildman–Crippen MR) is 99.7 cm³/mol. The molecular formula is C20H22FN5O2. The zero-order valence-corrected chi connectivity index (χ0v) is 15.5. The lowest BCUT2D eigenvalue weighted by Crippen LogP contribution is -2.55. The minimum Gasteiger partial charge on any atom is -0.347 e. The maximum atomic E-state index is 13.5. The first kappa shape index (κ1) is 18.5. The summed E-state index contributed by atoms with van der Waals surface area (Å²) in [7, 11) is 0. The first-order valence-corrected chi connectivity index (χ1v) is 9.36. The van der Waals surface area contributed by atoms with Gasteiger partial charge >= 0.3 is 0 Å². The van der Waals surface area contributed by atoms with Crippen molar-refractivity contribution in [2.24, 2.45) is 0 Å². The molecule has 1 aromatic heterocycles. The van der Waals surface area contributed by atoms with E-state index in [1.54, 1.807) is 11.0 Å². The summed E-state index contributed by atoms with van der Waals surface area (Å²) in [5.74, 6) is -0.464. The van der Waals surface area contributed by atoms with Crippen molar-refractivity contribution in [1.29, 1.82) is 0 Å². The van der Waals surface area contributed by atoms with Gasteiger partial charge in [0, 0.05) is 51.5 Å². The predicted octanol–water partition coefficient (Wildman–Crippen LogP) is 1.22. The summed E-state index contributed by atoms with van der Waals surface area (Å²) in [6, 6.07) is 6.52. The van der Waals surface area contributed by atoms with E-state index in [-0.39, 0.29) is 17.6 Å². The van der Waals surface area contributed by atoms with Gasteiger partial charge < -0.3 is 10.2 Å². The topological polar surface area (TPSA) is 78.4 Å². The van der Waals surface area contributed by atoms with Gasteiger partial charge in [-0.15, -0.1) is 0 Å². The molecule has 28 heavy (non-hydrogen) atoms. The van der Waals surface area contributed by atoms with Gasteiger partial charge in [0.1, 0.15) is 11.5 Å². The largest absolute Gasteiger partial charge is 0.347 e. The molecule has 2 saturated heterocycles. The number of carbonyl (C=O) groups is 2. The second-order valence-corrected chi connectivity index (χ2v) is 7.49. The van der Waals surface area contributed by atoms with Crippen molar-refractivity contribution < 1.29 is 14.0 Å². The summed E-state index contributed by atoms with van der Waals surface area (Å²) in [6.45, 7) is 2.74. The van der Waals surface area contributed by atoms with E-state index in [9.17, 15) is 14.0 Å². The third kappa shape index (κ3) is 4.01. The molecule has 1 N–H and O–H groups in total. The molecule has 1 aromatic carbocycles. The van der Waals surface area contributed by atoms with Gasteiger partial charge in [0.2, 0.25) is 5.91 Å². The highest BCUT2D eigenvalue weighted by Crippen LogP contribution is 2.27. The van der Waals surface area contributed by atoms with E-state index in [4.69, 9.17) is 0 Å². The van der Waals surface area contributed by atoms with Crippen LogP contribution in [0.25, 0.3) is 0 Å². The molecule has 2 amide bonds. The van der Waals surface area contributed by atoms with Gasteiger partial charge in [-0.3, -0.25) is 19.5 Å². The van der Waals surface area contributed by atoms with Gasteiger partial charge in [0.05, 0.1) is 11.7 Å². The molecule has 0 radical (unpaired) electrons. The molecule has 3 heterocycles. The molecule has 0 bridgehead atoms. The highest BCUT2D eigenvalue weighted by Gasteiger charge is 2.44. The molecule has 7 nitrogen and oxygen atoms in total. The van der Waals surface area contributed by atoms with Crippen LogP contribution in [-0.2, 0) is 11.3 Å². The van der Waals surface area contributed by atoms with Crippen LogP contribution >= 0.6 is 0 Å². The molecule has 4 rings (SSSR count). The Hall–Kier alpha value is -2.87. The van der Waals surface area contributed by atoms with E-state index in [0.29, 0.717) is 51.3 Å². The molecular weight excluding hydrogens is 361 g/mol. The van der Waals surface area contributed by atoms with Gasteiger partial charge in [0.15, 0.2) is 0 Å². The monoisotopic (exact) mass is 383 g/mol. The molecule has 0 aliphatic carbocycles. The number of benzene rings is 1. The van der Waals surface area contributed by atoms with Gasteiger partial charge in [-0.1, -0.05) is 12.1 Å². The zero-order valence-electron chi connectivity index (χ0n) is 15.5. The fourth-order valence-corrected chi connectivity index (χ4v) is 4.04. The van der Waals surface area contributed by atoms with Crippen LogP contribution in [0.3, 0.4) is 0 Å². The fraction of sp³-hybridized carbons (Fsp3) is 0.400. The molecule has 146 valence electrons. The maximum absolute atomic E-state index is 13.5. The van der Waals surface area contributed by atoms with E-state index in [1.165, 1.54) is 30.7 Å². The Labute approximate surface area is 162 Å². The summed E-state index contributed by atoms with van der Waals surface area (Å²) in [4.78, 5) is 36.9. The Morgan fingerprint density at radius 2 is 2.14 bits per heavy atom. The number of nitrogens with one attached hydrogen (secondary N) is 1. The van der Waals surface area contributed by atoms with Gasteiger partial charge in [0.25, 0.3) is 5.91 Å². The number of likely N-dealkylation sites (tertiary alicyclic amines) is 1. The molecule has 2 fully saturated rings. The van der Waals surface area contributed by atoms with Crippen molar-refractivity contribution in [2.45, 2.75) is 24.9 Å². The Bertz CT molecular complexity index is 878. The van der Waals surface area contributed by atoms with E-state index < -0.39 is 5.54 Å².